The Bertz CT molecular complexity index is 612. The van der Waals surface area contributed by atoms with Crippen molar-refractivity contribution in [3.8, 4) is 0 Å². The molecule has 21 heavy (non-hydrogen) atoms. The molecule has 0 bridgehead atoms. The van der Waals surface area contributed by atoms with Crippen LogP contribution in [0, 0.1) is 0 Å². The highest BCUT2D eigenvalue weighted by atomic mass is 16.2. The van der Waals surface area contributed by atoms with Crippen molar-refractivity contribution in [2.45, 2.75) is 6.92 Å². The minimum Gasteiger partial charge on any atom is -0.324 e. The molecule has 0 saturated carbocycles. The number of nitrogens with one attached hydrogen (secondary N) is 1. The maximum atomic E-state index is 12.3. The van der Waals surface area contributed by atoms with Crippen molar-refractivity contribution in [1.29, 1.82) is 0 Å². The highest BCUT2D eigenvalue weighted by molar-refractivity contribution is 5.92. The van der Waals surface area contributed by atoms with Crippen LogP contribution in [0.1, 0.15) is 6.92 Å². The summed E-state index contributed by atoms with van der Waals surface area (Å²) in [5, 5.41) is 3.97. The molecular formula is C16H22N4O. The number of urea groups is 1. The molecule has 5 heteroatoms. The Morgan fingerprint density at radius 1 is 1.24 bits per heavy atom. The summed E-state index contributed by atoms with van der Waals surface area (Å²) in [6.45, 7) is 4.24. The third kappa shape index (κ3) is 4.16. The van der Waals surface area contributed by atoms with E-state index in [1.807, 2.05) is 51.4 Å². The lowest BCUT2D eigenvalue weighted by Crippen LogP contribution is -2.39. The number of hydrogen-bond donors (Lipinski definition) is 1. The van der Waals surface area contributed by atoms with Gasteiger partial charge in [0.15, 0.2) is 0 Å². The first-order valence-electron chi connectivity index (χ1n) is 7.15. The van der Waals surface area contributed by atoms with Crippen molar-refractivity contribution in [1.82, 2.24) is 14.8 Å². The topological polar surface area (TPSA) is 48.5 Å². The highest BCUT2D eigenvalue weighted by Gasteiger charge is 2.11. The van der Waals surface area contributed by atoms with Crippen LogP contribution in [0.4, 0.5) is 10.5 Å². The molecule has 0 aliphatic heterocycles. The van der Waals surface area contributed by atoms with Crippen LogP contribution in [-0.4, -0.2) is 54.5 Å². The summed E-state index contributed by atoms with van der Waals surface area (Å²) < 4.78 is 0. The fourth-order valence-corrected chi connectivity index (χ4v) is 2.08. The summed E-state index contributed by atoms with van der Waals surface area (Å²) in [7, 11) is 4.00. The second-order valence-electron chi connectivity index (χ2n) is 5.22. The molecule has 2 amide bonds. The van der Waals surface area contributed by atoms with E-state index in [0.29, 0.717) is 13.1 Å². The van der Waals surface area contributed by atoms with Gasteiger partial charge in [0.25, 0.3) is 0 Å². The van der Waals surface area contributed by atoms with E-state index in [1.54, 1.807) is 11.1 Å². The standard InChI is InChI=1S/C16H22N4O/c1-4-20(11-10-19(2)3)16(21)18-14-7-8-15-13(12-14)6-5-9-17-15/h5-9,12H,4,10-11H2,1-3H3,(H,18,21). The number of rotatable bonds is 5. The molecule has 0 aliphatic carbocycles. The van der Waals surface area contributed by atoms with E-state index in [0.717, 1.165) is 23.1 Å². The fraction of sp³-hybridized carbons (Fsp3) is 0.375. The van der Waals surface area contributed by atoms with Gasteiger partial charge >= 0.3 is 6.03 Å². The molecule has 2 rings (SSSR count). The lowest BCUT2D eigenvalue weighted by molar-refractivity contribution is 0.208. The number of carbonyl (C=O) groups is 1. The molecule has 1 aromatic carbocycles. The van der Waals surface area contributed by atoms with E-state index in [9.17, 15) is 4.79 Å². The first-order valence-corrected chi connectivity index (χ1v) is 7.15. The van der Waals surface area contributed by atoms with E-state index in [-0.39, 0.29) is 6.03 Å². The van der Waals surface area contributed by atoms with Gasteiger partial charge in [-0.15, -0.1) is 0 Å². The lowest BCUT2D eigenvalue weighted by atomic mass is 10.2. The second kappa shape index (κ2) is 7.04. The van der Waals surface area contributed by atoms with Gasteiger partial charge in [-0.2, -0.15) is 0 Å². The van der Waals surface area contributed by atoms with Gasteiger partial charge in [-0.3, -0.25) is 4.98 Å². The van der Waals surface area contributed by atoms with Crippen LogP contribution in [0.25, 0.3) is 10.9 Å². The first kappa shape index (κ1) is 15.3. The number of anilines is 1. The van der Waals surface area contributed by atoms with Gasteiger partial charge in [0.1, 0.15) is 0 Å². The maximum Gasteiger partial charge on any atom is 0.321 e. The third-order valence-electron chi connectivity index (χ3n) is 3.34. The average molecular weight is 286 g/mol. The normalized spacial score (nSPS) is 10.9. The Labute approximate surface area is 125 Å². The molecule has 0 unspecified atom stereocenters. The molecule has 1 heterocycles. The largest absolute Gasteiger partial charge is 0.324 e. The molecular weight excluding hydrogens is 264 g/mol. The summed E-state index contributed by atoms with van der Waals surface area (Å²) in [6, 6.07) is 9.56. The smallest absolute Gasteiger partial charge is 0.321 e. The summed E-state index contributed by atoms with van der Waals surface area (Å²) in [5.74, 6) is 0. The quantitative estimate of drug-likeness (QED) is 0.919. The van der Waals surface area contributed by atoms with E-state index < -0.39 is 0 Å². The summed E-state index contributed by atoms with van der Waals surface area (Å²) in [6.07, 6.45) is 1.76. The number of pyridine rings is 1. The molecule has 0 saturated heterocycles. The number of benzene rings is 1. The van der Waals surface area contributed by atoms with Crippen molar-refractivity contribution < 1.29 is 4.79 Å². The van der Waals surface area contributed by atoms with E-state index in [2.05, 4.69) is 15.2 Å². The predicted octanol–water partition coefficient (Wildman–Crippen LogP) is 2.65. The Balaban J connectivity index is 2.05. The Hall–Kier alpha value is -2.14. The van der Waals surface area contributed by atoms with Crippen LogP contribution in [0.3, 0.4) is 0 Å². The monoisotopic (exact) mass is 286 g/mol. The number of likely N-dealkylation sites (N-methyl/N-ethyl adjacent to an activating group) is 2. The van der Waals surface area contributed by atoms with Crippen LogP contribution < -0.4 is 5.32 Å². The van der Waals surface area contributed by atoms with E-state index in [4.69, 9.17) is 0 Å². The van der Waals surface area contributed by atoms with Crippen molar-refractivity contribution in [3.63, 3.8) is 0 Å². The number of nitrogens with zero attached hydrogens (tertiary/aromatic N) is 3. The van der Waals surface area contributed by atoms with Crippen LogP contribution in [-0.2, 0) is 0 Å². The zero-order valence-electron chi connectivity index (χ0n) is 12.8. The molecule has 2 aromatic rings. The lowest BCUT2D eigenvalue weighted by Gasteiger charge is -2.23. The molecule has 1 N–H and O–H groups in total. The Kier molecular flexibility index (Phi) is 5.11. The van der Waals surface area contributed by atoms with Crippen LogP contribution in [0.5, 0.6) is 0 Å². The summed E-state index contributed by atoms with van der Waals surface area (Å²) in [4.78, 5) is 20.4. The van der Waals surface area contributed by atoms with Crippen molar-refractivity contribution in [2.75, 3.05) is 39.0 Å². The van der Waals surface area contributed by atoms with E-state index >= 15 is 0 Å². The van der Waals surface area contributed by atoms with Crippen LogP contribution in [0.2, 0.25) is 0 Å². The number of carbonyl (C=O) groups excluding carboxylic acids is 1. The highest BCUT2D eigenvalue weighted by Crippen LogP contribution is 2.17. The maximum absolute atomic E-state index is 12.3. The minimum absolute atomic E-state index is 0.0670. The number of fused-ring (bicyclic) bond motifs is 1. The Morgan fingerprint density at radius 2 is 2.05 bits per heavy atom. The molecule has 0 radical (unpaired) electrons. The van der Waals surface area contributed by atoms with Crippen molar-refractivity contribution in [2.24, 2.45) is 0 Å². The zero-order chi connectivity index (χ0) is 15.2. The van der Waals surface area contributed by atoms with Gasteiger partial charge in [0.05, 0.1) is 5.52 Å². The second-order valence-corrected chi connectivity index (χ2v) is 5.22. The van der Waals surface area contributed by atoms with Gasteiger partial charge < -0.3 is 15.1 Å². The van der Waals surface area contributed by atoms with Gasteiger partial charge in [-0.05, 0) is 45.3 Å². The van der Waals surface area contributed by atoms with Crippen molar-refractivity contribution >= 4 is 22.6 Å². The molecule has 1 aromatic heterocycles. The van der Waals surface area contributed by atoms with Gasteiger partial charge in [-0.1, -0.05) is 6.07 Å². The molecule has 0 atom stereocenters. The fourth-order valence-electron chi connectivity index (χ4n) is 2.08. The van der Waals surface area contributed by atoms with Crippen LogP contribution >= 0.6 is 0 Å². The van der Waals surface area contributed by atoms with E-state index in [1.165, 1.54) is 0 Å². The molecule has 0 aliphatic rings. The first-order chi connectivity index (χ1) is 10.1. The SMILES string of the molecule is CCN(CCN(C)C)C(=O)Nc1ccc2ncccc2c1. The Morgan fingerprint density at radius 3 is 2.76 bits per heavy atom. The average Bonchev–Trinajstić information content (AvgIpc) is 2.47. The minimum atomic E-state index is -0.0670. The molecule has 0 fully saturated rings. The van der Waals surface area contributed by atoms with Gasteiger partial charge in [0.2, 0.25) is 0 Å². The summed E-state index contributed by atoms with van der Waals surface area (Å²) in [5.41, 5.74) is 1.72. The molecule has 0 spiro atoms. The summed E-state index contributed by atoms with van der Waals surface area (Å²) >= 11 is 0. The zero-order valence-corrected chi connectivity index (χ0v) is 12.8. The van der Waals surface area contributed by atoms with Crippen LogP contribution in [0.15, 0.2) is 36.5 Å². The molecule has 5 nitrogen and oxygen atoms in total. The van der Waals surface area contributed by atoms with Gasteiger partial charge in [-0.25, -0.2) is 4.79 Å². The van der Waals surface area contributed by atoms with Gasteiger partial charge in [0, 0.05) is 36.9 Å². The predicted molar refractivity (Wildman–Crippen MR) is 86.6 cm³/mol. The number of hydrogen-bond acceptors (Lipinski definition) is 3. The number of aromatic nitrogens is 1. The number of amides is 2. The third-order valence-corrected chi connectivity index (χ3v) is 3.34. The molecule has 112 valence electrons. The van der Waals surface area contributed by atoms with Crippen molar-refractivity contribution in [3.05, 3.63) is 36.5 Å².